The second kappa shape index (κ2) is 10.0. The van der Waals surface area contributed by atoms with E-state index in [0.717, 1.165) is 51.9 Å². The van der Waals surface area contributed by atoms with Gasteiger partial charge >= 0.3 is 0 Å². The number of aryl methyl sites for hydroxylation is 2. The summed E-state index contributed by atoms with van der Waals surface area (Å²) in [6, 6.07) is 27.0. The van der Waals surface area contributed by atoms with Crippen LogP contribution < -0.4 is 9.47 Å². The van der Waals surface area contributed by atoms with Gasteiger partial charge in [-0.05, 0) is 77.7 Å². The number of methoxy groups -OCH3 is 1. The molecule has 0 saturated heterocycles. The van der Waals surface area contributed by atoms with E-state index in [9.17, 15) is 0 Å². The maximum Gasteiger partial charge on any atom is 0.119 e. The molecule has 0 fully saturated rings. The van der Waals surface area contributed by atoms with Crippen molar-refractivity contribution in [2.75, 3.05) is 13.7 Å². The Bertz CT molecular complexity index is 1490. The monoisotopic (exact) mass is 484 g/mol. The minimum Gasteiger partial charge on any atom is -0.497 e. The van der Waals surface area contributed by atoms with Gasteiger partial charge in [0.05, 0.1) is 24.8 Å². The van der Waals surface area contributed by atoms with Gasteiger partial charge in [-0.3, -0.25) is 0 Å². The van der Waals surface area contributed by atoms with Crippen molar-refractivity contribution >= 4 is 33.4 Å². The third kappa shape index (κ3) is 4.85. The van der Waals surface area contributed by atoms with Crippen molar-refractivity contribution in [2.24, 2.45) is 0 Å². The van der Waals surface area contributed by atoms with E-state index in [1.54, 1.807) is 7.11 Å². The highest BCUT2D eigenvalue weighted by molar-refractivity contribution is 6.31. The first-order valence-corrected chi connectivity index (χ1v) is 12.3. The number of fused-ring (bicyclic) bond motifs is 2. The molecule has 0 N–H and O–H groups in total. The van der Waals surface area contributed by atoms with E-state index >= 15 is 0 Å². The van der Waals surface area contributed by atoms with Gasteiger partial charge in [0.1, 0.15) is 17.3 Å². The van der Waals surface area contributed by atoms with Gasteiger partial charge in [0.15, 0.2) is 0 Å². The van der Waals surface area contributed by atoms with Crippen LogP contribution in [0.5, 0.6) is 11.5 Å². The van der Waals surface area contributed by atoms with Gasteiger partial charge in [0.25, 0.3) is 0 Å². The lowest BCUT2D eigenvalue weighted by atomic mass is 9.97. The molecule has 5 aromatic rings. The molecule has 4 nitrogen and oxygen atoms in total. The van der Waals surface area contributed by atoms with E-state index in [-0.39, 0.29) is 5.92 Å². The molecule has 0 radical (unpaired) electrons. The predicted molar refractivity (Wildman–Crippen MR) is 144 cm³/mol. The maximum absolute atomic E-state index is 6.14. The van der Waals surface area contributed by atoms with Crippen molar-refractivity contribution in [3.8, 4) is 11.5 Å². The summed E-state index contributed by atoms with van der Waals surface area (Å²) in [5.74, 6) is 2.94. The first-order valence-electron chi connectivity index (χ1n) is 12.0. The van der Waals surface area contributed by atoms with Crippen LogP contribution >= 0.6 is 11.6 Å². The second-order valence-electron chi connectivity index (χ2n) is 8.92. The van der Waals surface area contributed by atoms with Crippen molar-refractivity contribution < 1.29 is 9.47 Å². The van der Waals surface area contributed by atoms with Gasteiger partial charge in [0.2, 0.25) is 0 Å². The first kappa shape index (κ1) is 23.3. The molecule has 0 aliphatic rings. The summed E-state index contributed by atoms with van der Waals surface area (Å²) < 4.78 is 13.7. The highest BCUT2D eigenvalue weighted by atomic mass is 35.5. The number of ether oxygens (including phenoxy) is 2. The minimum atomic E-state index is 0.147. The second-order valence-corrected chi connectivity index (χ2v) is 9.32. The Labute approximate surface area is 211 Å². The van der Waals surface area contributed by atoms with Crippen LogP contribution in [0.2, 0.25) is 5.02 Å². The Morgan fingerprint density at radius 1 is 0.914 bits per heavy atom. The van der Waals surface area contributed by atoms with Crippen molar-refractivity contribution in [1.29, 1.82) is 0 Å². The predicted octanol–water partition coefficient (Wildman–Crippen LogP) is 7.78. The first-order chi connectivity index (χ1) is 17.0. The summed E-state index contributed by atoms with van der Waals surface area (Å²) in [5, 5.41) is 3.13. The summed E-state index contributed by atoms with van der Waals surface area (Å²) in [6.45, 7) is 5.68. The zero-order valence-electron chi connectivity index (χ0n) is 20.3. The largest absolute Gasteiger partial charge is 0.497 e. The van der Waals surface area contributed by atoms with Gasteiger partial charge in [-0.1, -0.05) is 54.9 Å². The van der Waals surface area contributed by atoms with Crippen LogP contribution in [0.3, 0.4) is 0 Å². The van der Waals surface area contributed by atoms with Crippen LogP contribution in [0, 0.1) is 6.92 Å². The Hall–Kier alpha value is -3.50. The van der Waals surface area contributed by atoms with Gasteiger partial charge in [-0.2, -0.15) is 0 Å². The molecule has 5 rings (SSSR count). The maximum atomic E-state index is 6.14. The Morgan fingerprint density at radius 3 is 2.51 bits per heavy atom. The molecule has 0 bridgehead atoms. The molecular weight excluding hydrogens is 456 g/mol. The molecular formula is C30H29ClN2O2. The summed E-state index contributed by atoms with van der Waals surface area (Å²) in [5.41, 5.74) is 4.44. The molecule has 1 unspecified atom stereocenters. The third-order valence-electron chi connectivity index (χ3n) is 6.57. The number of nitrogens with zero attached hydrogens (tertiary/aromatic N) is 2. The highest BCUT2D eigenvalue weighted by Gasteiger charge is 2.18. The number of benzene rings is 4. The van der Waals surface area contributed by atoms with E-state index in [1.165, 1.54) is 16.3 Å². The van der Waals surface area contributed by atoms with Crippen molar-refractivity contribution in [3.05, 3.63) is 101 Å². The lowest BCUT2D eigenvalue weighted by Crippen LogP contribution is -2.11. The fraction of sp³-hybridized carbons (Fsp3) is 0.233. The molecule has 35 heavy (non-hydrogen) atoms. The zero-order valence-corrected chi connectivity index (χ0v) is 21.0. The summed E-state index contributed by atoms with van der Waals surface area (Å²) in [4.78, 5) is 5.04. The Kier molecular flexibility index (Phi) is 6.65. The van der Waals surface area contributed by atoms with E-state index in [0.29, 0.717) is 6.61 Å². The van der Waals surface area contributed by atoms with Crippen LogP contribution in [-0.4, -0.2) is 23.3 Å². The number of rotatable bonds is 8. The van der Waals surface area contributed by atoms with Gasteiger partial charge in [-0.25, -0.2) is 4.98 Å². The van der Waals surface area contributed by atoms with E-state index in [4.69, 9.17) is 26.1 Å². The molecule has 1 aromatic heterocycles. The van der Waals surface area contributed by atoms with Gasteiger partial charge < -0.3 is 14.0 Å². The SMILES string of the molecule is COc1ccc2cc(C(C)c3nc4ccccc4n3CCCOc3ccc(Cl)c(C)c3)ccc2c1. The zero-order chi connectivity index (χ0) is 24.4. The van der Waals surface area contributed by atoms with Crippen LogP contribution in [-0.2, 0) is 6.54 Å². The molecule has 1 atom stereocenters. The number of para-hydroxylation sites is 2. The highest BCUT2D eigenvalue weighted by Crippen LogP contribution is 2.31. The average molecular weight is 485 g/mol. The molecule has 5 heteroatoms. The quantitative estimate of drug-likeness (QED) is 0.211. The topological polar surface area (TPSA) is 36.3 Å². The fourth-order valence-electron chi connectivity index (χ4n) is 4.57. The van der Waals surface area contributed by atoms with Crippen molar-refractivity contribution in [3.63, 3.8) is 0 Å². The Morgan fingerprint density at radius 2 is 1.69 bits per heavy atom. The molecule has 0 spiro atoms. The molecule has 4 aromatic carbocycles. The number of imidazole rings is 1. The van der Waals surface area contributed by atoms with Crippen molar-refractivity contribution in [1.82, 2.24) is 9.55 Å². The number of hydrogen-bond donors (Lipinski definition) is 0. The molecule has 1 heterocycles. The van der Waals surface area contributed by atoms with E-state index < -0.39 is 0 Å². The molecule has 0 aliphatic carbocycles. The normalized spacial score (nSPS) is 12.2. The van der Waals surface area contributed by atoms with Gasteiger partial charge in [-0.15, -0.1) is 0 Å². The fourth-order valence-corrected chi connectivity index (χ4v) is 4.68. The van der Waals surface area contributed by atoms with Gasteiger partial charge in [0, 0.05) is 17.5 Å². The van der Waals surface area contributed by atoms with Crippen molar-refractivity contribution in [2.45, 2.75) is 32.7 Å². The molecule has 0 saturated carbocycles. The van der Waals surface area contributed by atoms with E-state index in [2.05, 4.69) is 60.0 Å². The molecule has 0 amide bonds. The van der Waals surface area contributed by atoms with E-state index in [1.807, 2.05) is 37.3 Å². The minimum absolute atomic E-state index is 0.147. The van der Waals surface area contributed by atoms with Crippen LogP contribution in [0.4, 0.5) is 0 Å². The number of hydrogen-bond acceptors (Lipinski definition) is 3. The van der Waals surface area contributed by atoms with Crippen LogP contribution in [0.25, 0.3) is 21.8 Å². The standard InChI is InChI=1S/C30H29ClN2O2/c1-20-17-26(13-14-27(20)31)35-16-6-15-33-29-8-5-4-7-28(29)32-30(33)21(2)22-9-10-24-19-25(34-3)12-11-23(24)18-22/h4-5,7-14,17-19,21H,6,15-16H2,1-3H3. The smallest absolute Gasteiger partial charge is 0.119 e. The van der Waals surface area contributed by atoms with Crippen LogP contribution in [0.1, 0.15) is 36.2 Å². The molecule has 178 valence electrons. The number of aromatic nitrogens is 2. The summed E-state index contributed by atoms with van der Waals surface area (Å²) in [6.07, 6.45) is 0.874. The van der Waals surface area contributed by atoms with Crippen LogP contribution in [0.15, 0.2) is 78.9 Å². The average Bonchev–Trinajstić information content (AvgIpc) is 3.26. The molecule has 0 aliphatic heterocycles. The Balaban J connectivity index is 1.38. The summed E-state index contributed by atoms with van der Waals surface area (Å²) in [7, 11) is 1.70. The number of halogens is 1. The summed E-state index contributed by atoms with van der Waals surface area (Å²) >= 11 is 6.14. The lowest BCUT2D eigenvalue weighted by molar-refractivity contribution is 0.301. The third-order valence-corrected chi connectivity index (χ3v) is 6.99. The lowest BCUT2D eigenvalue weighted by Gasteiger charge is -2.16.